The van der Waals surface area contributed by atoms with E-state index in [1.165, 1.54) is 0 Å². The largest absolute Gasteiger partial charge is 0.365 e. The lowest BCUT2D eigenvalue weighted by atomic mass is 10.2. The number of hydrogen-bond donors (Lipinski definition) is 1. The van der Waals surface area contributed by atoms with Crippen LogP contribution in [0.4, 0.5) is 11.5 Å². The van der Waals surface area contributed by atoms with Gasteiger partial charge in [0, 0.05) is 29.1 Å². The van der Waals surface area contributed by atoms with Crippen LogP contribution in [0.5, 0.6) is 0 Å². The highest BCUT2D eigenvalue weighted by Gasteiger charge is 2.21. The van der Waals surface area contributed by atoms with E-state index < -0.39 is 0 Å². The predicted molar refractivity (Wildman–Crippen MR) is 99.4 cm³/mol. The van der Waals surface area contributed by atoms with Crippen LogP contribution in [-0.4, -0.2) is 21.0 Å². The van der Waals surface area contributed by atoms with Crippen molar-refractivity contribution in [3.8, 4) is 5.69 Å². The molecule has 0 amide bonds. The predicted octanol–water partition coefficient (Wildman–Crippen LogP) is 4.52. The standard InChI is InChI=1S/C19H16N4O2/c1-2-20-18-17(23(24)25)12-15-14-10-6-7-11-16(14)22(19(15)21-18)13-8-4-3-5-9-13/h3-12H,2H2,1H3,(H,20,21). The molecule has 2 aromatic heterocycles. The van der Waals surface area contributed by atoms with Crippen molar-refractivity contribution < 1.29 is 4.92 Å². The van der Waals surface area contributed by atoms with E-state index in [-0.39, 0.29) is 10.6 Å². The molecule has 4 rings (SSSR count). The monoisotopic (exact) mass is 332 g/mol. The number of aromatic nitrogens is 2. The van der Waals surface area contributed by atoms with Crippen LogP contribution >= 0.6 is 0 Å². The molecule has 0 aliphatic rings. The van der Waals surface area contributed by atoms with Crippen molar-refractivity contribution in [2.75, 3.05) is 11.9 Å². The van der Waals surface area contributed by atoms with Crippen LogP contribution in [-0.2, 0) is 0 Å². The lowest BCUT2D eigenvalue weighted by molar-refractivity contribution is -0.384. The normalized spacial score (nSPS) is 11.1. The van der Waals surface area contributed by atoms with E-state index in [0.717, 1.165) is 22.0 Å². The first-order chi connectivity index (χ1) is 12.2. The second kappa shape index (κ2) is 5.90. The zero-order valence-corrected chi connectivity index (χ0v) is 13.6. The summed E-state index contributed by atoms with van der Waals surface area (Å²) in [6.07, 6.45) is 0. The third-order valence-electron chi connectivity index (χ3n) is 4.18. The Hall–Kier alpha value is -3.41. The zero-order chi connectivity index (χ0) is 17.4. The molecule has 0 radical (unpaired) electrons. The third kappa shape index (κ3) is 2.39. The summed E-state index contributed by atoms with van der Waals surface area (Å²) in [7, 11) is 0. The van der Waals surface area contributed by atoms with E-state index in [1.54, 1.807) is 6.07 Å². The van der Waals surface area contributed by atoms with Gasteiger partial charge in [0.05, 0.1) is 10.4 Å². The van der Waals surface area contributed by atoms with Gasteiger partial charge in [-0.15, -0.1) is 0 Å². The van der Waals surface area contributed by atoms with Crippen LogP contribution in [0.1, 0.15) is 6.92 Å². The van der Waals surface area contributed by atoms with E-state index in [2.05, 4.69) is 10.3 Å². The number of anilines is 1. The molecule has 2 aromatic carbocycles. The number of nitro groups is 1. The number of pyridine rings is 1. The second-order valence-corrected chi connectivity index (χ2v) is 5.70. The molecule has 6 nitrogen and oxygen atoms in total. The molecule has 25 heavy (non-hydrogen) atoms. The Morgan fingerprint density at radius 3 is 2.52 bits per heavy atom. The van der Waals surface area contributed by atoms with Gasteiger partial charge in [-0.2, -0.15) is 0 Å². The highest BCUT2D eigenvalue weighted by atomic mass is 16.6. The highest BCUT2D eigenvalue weighted by molar-refractivity contribution is 6.09. The molecule has 0 aliphatic heterocycles. The maximum absolute atomic E-state index is 11.5. The smallest absolute Gasteiger partial charge is 0.312 e. The van der Waals surface area contributed by atoms with Crippen molar-refractivity contribution in [3.63, 3.8) is 0 Å². The molecule has 0 saturated heterocycles. The highest BCUT2D eigenvalue weighted by Crippen LogP contribution is 2.35. The van der Waals surface area contributed by atoms with Crippen molar-refractivity contribution in [2.24, 2.45) is 0 Å². The van der Waals surface area contributed by atoms with Gasteiger partial charge in [0.25, 0.3) is 0 Å². The number of rotatable bonds is 4. The summed E-state index contributed by atoms with van der Waals surface area (Å²) in [5.74, 6) is 0.292. The quantitative estimate of drug-likeness (QED) is 0.440. The summed E-state index contributed by atoms with van der Waals surface area (Å²) in [5.41, 5.74) is 2.64. The van der Waals surface area contributed by atoms with Crippen molar-refractivity contribution in [3.05, 3.63) is 70.8 Å². The molecule has 0 fully saturated rings. The molecule has 0 unspecified atom stereocenters. The first-order valence-electron chi connectivity index (χ1n) is 8.08. The molecule has 4 aromatic rings. The van der Waals surface area contributed by atoms with E-state index in [1.807, 2.05) is 66.1 Å². The molecule has 2 heterocycles. The van der Waals surface area contributed by atoms with Crippen LogP contribution in [0.15, 0.2) is 60.7 Å². The minimum atomic E-state index is -0.390. The molecule has 0 atom stereocenters. The van der Waals surface area contributed by atoms with Crippen molar-refractivity contribution >= 4 is 33.4 Å². The number of para-hydroxylation sites is 2. The van der Waals surface area contributed by atoms with E-state index in [4.69, 9.17) is 0 Å². The Labute approximate surface area is 143 Å². The molecule has 6 heteroatoms. The zero-order valence-electron chi connectivity index (χ0n) is 13.6. The maximum atomic E-state index is 11.5. The Morgan fingerprint density at radius 2 is 1.80 bits per heavy atom. The van der Waals surface area contributed by atoms with Gasteiger partial charge >= 0.3 is 5.69 Å². The van der Waals surface area contributed by atoms with E-state index in [9.17, 15) is 10.1 Å². The van der Waals surface area contributed by atoms with Crippen LogP contribution in [0.25, 0.3) is 27.6 Å². The van der Waals surface area contributed by atoms with Crippen LogP contribution < -0.4 is 5.32 Å². The summed E-state index contributed by atoms with van der Waals surface area (Å²) in [6.45, 7) is 2.45. The second-order valence-electron chi connectivity index (χ2n) is 5.70. The molecule has 0 aliphatic carbocycles. The minimum Gasteiger partial charge on any atom is -0.365 e. The molecule has 1 N–H and O–H groups in total. The number of fused-ring (bicyclic) bond motifs is 3. The van der Waals surface area contributed by atoms with Crippen molar-refractivity contribution in [1.29, 1.82) is 0 Å². The maximum Gasteiger partial charge on any atom is 0.312 e. The Bertz CT molecular complexity index is 1090. The molecule has 0 saturated carbocycles. The lowest BCUT2D eigenvalue weighted by Gasteiger charge is -2.08. The van der Waals surface area contributed by atoms with E-state index >= 15 is 0 Å². The van der Waals surface area contributed by atoms with Gasteiger partial charge in [0.15, 0.2) is 0 Å². The molecule has 0 spiro atoms. The average Bonchev–Trinajstić information content (AvgIpc) is 2.95. The molecule has 124 valence electrons. The Kier molecular flexibility index (Phi) is 3.57. The molecular weight excluding hydrogens is 316 g/mol. The number of hydrogen-bond acceptors (Lipinski definition) is 4. The van der Waals surface area contributed by atoms with Gasteiger partial charge in [-0.1, -0.05) is 36.4 Å². The third-order valence-corrected chi connectivity index (χ3v) is 4.18. The van der Waals surface area contributed by atoms with Gasteiger partial charge in [0.1, 0.15) is 5.65 Å². The van der Waals surface area contributed by atoms with Crippen molar-refractivity contribution in [1.82, 2.24) is 9.55 Å². The summed E-state index contributed by atoms with van der Waals surface area (Å²) in [6, 6.07) is 19.4. The van der Waals surface area contributed by atoms with Gasteiger partial charge < -0.3 is 5.32 Å². The van der Waals surface area contributed by atoms with E-state index in [0.29, 0.717) is 18.0 Å². The van der Waals surface area contributed by atoms with Crippen LogP contribution in [0.2, 0.25) is 0 Å². The number of benzene rings is 2. The van der Waals surface area contributed by atoms with Crippen molar-refractivity contribution in [2.45, 2.75) is 6.92 Å². The first-order valence-corrected chi connectivity index (χ1v) is 8.08. The molecule has 0 bridgehead atoms. The fourth-order valence-corrected chi connectivity index (χ4v) is 3.15. The van der Waals surface area contributed by atoms with Crippen LogP contribution in [0.3, 0.4) is 0 Å². The fourth-order valence-electron chi connectivity index (χ4n) is 3.15. The fraction of sp³-hybridized carbons (Fsp3) is 0.105. The van der Waals surface area contributed by atoms with Gasteiger partial charge in [0.2, 0.25) is 5.82 Å². The first kappa shape index (κ1) is 15.1. The lowest BCUT2D eigenvalue weighted by Crippen LogP contribution is -2.05. The summed E-state index contributed by atoms with van der Waals surface area (Å²) in [5, 5.41) is 16.2. The van der Waals surface area contributed by atoms with Crippen LogP contribution in [0, 0.1) is 10.1 Å². The van der Waals surface area contributed by atoms with Gasteiger partial charge in [-0.3, -0.25) is 14.7 Å². The molecular formula is C19H16N4O2. The SMILES string of the molecule is CCNc1nc2c(cc1[N+](=O)[O-])c1ccccc1n2-c1ccccc1. The summed E-state index contributed by atoms with van der Waals surface area (Å²) in [4.78, 5) is 15.7. The topological polar surface area (TPSA) is 73.0 Å². The number of nitrogens with zero attached hydrogens (tertiary/aromatic N) is 3. The summed E-state index contributed by atoms with van der Waals surface area (Å²) >= 11 is 0. The number of nitrogens with one attached hydrogen (secondary N) is 1. The minimum absolute atomic E-state index is 0.00897. The van der Waals surface area contributed by atoms with Gasteiger partial charge in [-0.05, 0) is 25.1 Å². The summed E-state index contributed by atoms with van der Waals surface area (Å²) < 4.78 is 2.04. The Balaban J connectivity index is 2.15. The Morgan fingerprint density at radius 1 is 1.08 bits per heavy atom. The average molecular weight is 332 g/mol. The van der Waals surface area contributed by atoms with Gasteiger partial charge in [-0.25, -0.2) is 4.98 Å².